The molecule has 2 unspecified atom stereocenters. The molecule has 2 aliphatic carbocycles. The van der Waals surface area contributed by atoms with Gasteiger partial charge in [0.15, 0.2) is 0 Å². The van der Waals surface area contributed by atoms with Gasteiger partial charge in [-0.15, -0.1) is 0 Å². The SMILES string of the molecule is CCC[CH2][SnH]([CH2]CCC)[Zr]([CH2]CCC)([CH2]CCC)([CH]1c2ccccc2-c2ccc(C)cc21)[CH]1c2ccccc2-c2ccc(C)cc21. The minimum atomic E-state index is -4.07. The zero-order valence-corrected chi connectivity index (χ0v) is 35.6. The summed E-state index contributed by atoms with van der Waals surface area (Å²) in [5.41, 5.74) is 16.2. The van der Waals surface area contributed by atoms with Crippen LogP contribution in [-0.4, -0.2) is 15.2 Å². The van der Waals surface area contributed by atoms with Crippen LogP contribution in [0.2, 0.25) is 17.1 Å². The summed E-state index contributed by atoms with van der Waals surface area (Å²) in [5, 5.41) is 0. The number of rotatable bonds is 15. The first-order valence-corrected chi connectivity index (χ1v) is 41.1. The average molecular weight is 798 g/mol. The van der Waals surface area contributed by atoms with E-state index >= 15 is 0 Å². The van der Waals surface area contributed by atoms with Gasteiger partial charge in [0, 0.05) is 0 Å². The van der Waals surface area contributed by atoms with Crippen LogP contribution < -0.4 is 0 Å². The number of hydrogen-bond donors (Lipinski definition) is 0. The summed E-state index contributed by atoms with van der Waals surface area (Å²) >= 11 is -6.43. The Morgan fingerprint density at radius 3 is 1.28 bits per heavy atom. The first kappa shape index (κ1) is 34.4. The number of benzene rings is 4. The van der Waals surface area contributed by atoms with E-state index < -0.39 is 29.8 Å². The predicted molar refractivity (Wildman–Crippen MR) is 203 cm³/mol. The first-order chi connectivity index (χ1) is 22.4. The van der Waals surface area contributed by atoms with Crippen molar-refractivity contribution in [1.82, 2.24) is 0 Å². The zero-order valence-electron chi connectivity index (χ0n) is 29.8. The Kier molecular flexibility index (Phi) is 10.9. The molecule has 0 radical (unpaired) electrons. The van der Waals surface area contributed by atoms with E-state index in [9.17, 15) is 0 Å². The topological polar surface area (TPSA) is 0 Å². The number of aryl methyl sites for hydroxylation is 2. The molecule has 243 valence electrons. The maximum absolute atomic E-state index is 4.07. The molecule has 0 spiro atoms. The molecule has 2 heteroatoms. The Hall–Kier alpha value is -1.44. The fraction of sp³-hybridized carbons (Fsp3) is 0.455. The first-order valence-electron chi connectivity index (χ1n) is 19.0. The molecule has 0 saturated heterocycles. The fourth-order valence-corrected chi connectivity index (χ4v) is 126. The van der Waals surface area contributed by atoms with Crippen molar-refractivity contribution >= 4 is 15.2 Å². The Morgan fingerprint density at radius 2 is 0.870 bits per heavy atom. The third-order valence-corrected chi connectivity index (χ3v) is 108. The van der Waals surface area contributed by atoms with E-state index in [4.69, 9.17) is 0 Å². The molecule has 2 atom stereocenters. The predicted octanol–water partition coefficient (Wildman–Crippen LogP) is 13.6. The summed E-state index contributed by atoms with van der Waals surface area (Å²) in [7, 11) is 0. The summed E-state index contributed by atoms with van der Waals surface area (Å²) in [6.07, 6.45) is 11.1. The van der Waals surface area contributed by atoms with Crippen molar-refractivity contribution in [2.45, 2.75) is 117 Å². The maximum atomic E-state index is 2.70. The average Bonchev–Trinajstić information content (AvgIpc) is 3.58. The van der Waals surface area contributed by atoms with Gasteiger partial charge in [-0.3, -0.25) is 0 Å². The van der Waals surface area contributed by atoms with Gasteiger partial charge in [-0.2, -0.15) is 0 Å². The molecule has 0 N–H and O–H groups in total. The van der Waals surface area contributed by atoms with Crippen molar-refractivity contribution < 1.29 is 14.6 Å². The third-order valence-electron chi connectivity index (χ3n) is 12.8. The Labute approximate surface area is 285 Å². The standard InChI is InChI=1S/2C14H11.4C4H9.Sn.Zr.H/c2*1-10-6-7-14-12(8-10)9-11-4-2-3-5-13(11)14;4*1-3-4-2;;;/h2*2-9H,1H3;4*1,3-4H2,2H3;;;. The van der Waals surface area contributed by atoms with Crippen LogP contribution in [-0.2, 0) is 14.6 Å². The van der Waals surface area contributed by atoms with Crippen LogP contribution in [0.4, 0.5) is 0 Å². The molecule has 0 aliphatic heterocycles. The van der Waals surface area contributed by atoms with Crippen LogP contribution in [0, 0.1) is 13.8 Å². The zero-order chi connectivity index (χ0) is 32.3. The Bertz CT molecular complexity index is 1550. The van der Waals surface area contributed by atoms with Gasteiger partial charge in [0.25, 0.3) is 0 Å². The molecule has 0 fully saturated rings. The van der Waals surface area contributed by atoms with E-state index in [0.717, 1.165) is 0 Å². The Balaban J connectivity index is 1.83. The minimum absolute atomic E-state index is 0.657. The fourth-order valence-electron chi connectivity index (χ4n) is 11.0. The second kappa shape index (κ2) is 14.6. The van der Waals surface area contributed by atoms with Gasteiger partial charge in [0.2, 0.25) is 0 Å². The summed E-state index contributed by atoms with van der Waals surface area (Å²) in [6.45, 7) is 14.7. The monoisotopic (exact) mass is 797 g/mol. The summed E-state index contributed by atoms with van der Waals surface area (Å²) in [5.74, 6) is 0. The van der Waals surface area contributed by atoms with Gasteiger partial charge in [0.05, 0.1) is 0 Å². The number of hydrogen-bond acceptors (Lipinski definition) is 0. The molecule has 0 bridgehead atoms. The van der Waals surface area contributed by atoms with Gasteiger partial charge in [-0.25, -0.2) is 0 Å². The van der Waals surface area contributed by atoms with E-state index in [1.54, 1.807) is 61.6 Å². The molecular formula is C44H59SnZr. The molecule has 4 aromatic carbocycles. The molecule has 0 nitrogen and oxygen atoms in total. The van der Waals surface area contributed by atoms with Crippen molar-refractivity contribution in [3.05, 3.63) is 118 Å². The number of unbranched alkanes of at least 4 members (excludes halogenated alkanes) is 4. The van der Waals surface area contributed by atoms with Gasteiger partial charge < -0.3 is 0 Å². The number of fused-ring (bicyclic) bond motifs is 6. The van der Waals surface area contributed by atoms with Crippen molar-refractivity contribution in [3.63, 3.8) is 0 Å². The molecule has 2 aliphatic rings. The quantitative estimate of drug-likeness (QED) is 0.105. The van der Waals surface area contributed by atoms with Crippen molar-refractivity contribution in [2.75, 3.05) is 0 Å². The van der Waals surface area contributed by atoms with Crippen LogP contribution in [0.15, 0.2) is 84.9 Å². The molecular weight excluding hydrogens is 738 g/mol. The summed E-state index contributed by atoms with van der Waals surface area (Å²) in [4.78, 5) is 0. The summed E-state index contributed by atoms with van der Waals surface area (Å²) in [6, 6.07) is 34.9. The van der Waals surface area contributed by atoms with Gasteiger partial charge >= 0.3 is 288 Å². The van der Waals surface area contributed by atoms with Crippen LogP contribution in [0.1, 0.15) is 120 Å². The summed E-state index contributed by atoms with van der Waals surface area (Å²) < 4.78 is 7.71. The second-order valence-corrected chi connectivity index (χ2v) is 76.2. The van der Waals surface area contributed by atoms with Crippen LogP contribution in [0.3, 0.4) is 0 Å². The molecule has 6 rings (SSSR count). The van der Waals surface area contributed by atoms with Crippen molar-refractivity contribution in [1.29, 1.82) is 0 Å². The molecule has 0 heterocycles. The van der Waals surface area contributed by atoms with E-state index in [-0.39, 0.29) is 0 Å². The van der Waals surface area contributed by atoms with E-state index in [2.05, 4.69) is 126 Å². The van der Waals surface area contributed by atoms with Crippen molar-refractivity contribution in [3.8, 4) is 22.3 Å². The van der Waals surface area contributed by atoms with Gasteiger partial charge in [-0.1, -0.05) is 0 Å². The third kappa shape index (κ3) is 5.60. The molecule has 0 saturated carbocycles. The van der Waals surface area contributed by atoms with Gasteiger partial charge in [-0.05, 0) is 0 Å². The molecule has 0 aromatic heterocycles. The van der Waals surface area contributed by atoms with Gasteiger partial charge in [0.1, 0.15) is 0 Å². The van der Waals surface area contributed by atoms with Crippen molar-refractivity contribution in [2.24, 2.45) is 0 Å². The second-order valence-electron chi connectivity index (χ2n) is 15.4. The van der Waals surface area contributed by atoms with Crippen LogP contribution >= 0.6 is 0 Å². The van der Waals surface area contributed by atoms with E-state index in [1.165, 1.54) is 62.5 Å². The van der Waals surface area contributed by atoms with Crippen LogP contribution in [0.5, 0.6) is 0 Å². The molecule has 4 aromatic rings. The van der Waals surface area contributed by atoms with E-state index in [0.29, 0.717) is 7.25 Å². The molecule has 0 amide bonds. The van der Waals surface area contributed by atoms with Crippen LogP contribution in [0.25, 0.3) is 22.3 Å². The Morgan fingerprint density at radius 1 is 0.478 bits per heavy atom. The molecule has 46 heavy (non-hydrogen) atoms. The van der Waals surface area contributed by atoms with E-state index in [1.807, 2.05) is 0 Å². The normalized spacial score (nSPS) is 17.3.